The summed E-state index contributed by atoms with van der Waals surface area (Å²) in [6.07, 6.45) is 3.07. The van der Waals surface area contributed by atoms with Crippen LogP contribution in [-0.2, 0) is 11.3 Å². The van der Waals surface area contributed by atoms with Gasteiger partial charge in [-0.25, -0.2) is 4.99 Å². The quantitative estimate of drug-likeness (QED) is 0.628. The highest BCUT2D eigenvalue weighted by atomic mass is 16.5. The number of aliphatic imine (C=N–C) groups is 1. The summed E-state index contributed by atoms with van der Waals surface area (Å²) in [7, 11) is 0. The topological polar surface area (TPSA) is 68.8 Å². The van der Waals surface area contributed by atoms with Crippen molar-refractivity contribution in [1.82, 2.24) is 25.3 Å². The number of hydrogen-bond acceptors (Lipinski definition) is 4. The highest BCUT2D eigenvalue weighted by Crippen LogP contribution is 2.17. The summed E-state index contributed by atoms with van der Waals surface area (Å²) in [4.78, 5) is 9.76. The van der Waals surface area contributed by atoms with Gasteiger partial charge >= 0.3 is 0 Å². The van der Waals surface area contributed by atoms with Crippen LogP contribution in [0.3, 0.4) is 0 Å². The van der Waals surface area contributed by atoms with Crippen LogP contribution in [0.1, 0.15) is 24.6 Å². The molecular formula is C16H28N6O. The number of nitrogens with zero attached hydrogens (tertiary/aromatic N) is 4. The Morgan fingerprint density at radius 3 is 2.96 bits per heavy atom. The number of rotatable bonds is 4. The van der Waals surface area contributed by atoms with Gasteiger partial charge in [-0.3, -0.25) is 10.00 Å². The molecule has 0 saturated carbocycles. The molecule has 7 nitrogen and oxygen atoms in total. The molecule has 0 amide bonds. The van der Waals surface area contributed by atoms with Crippen LogP contribution in [0.4, 0.5) is 0 Å². The highest BCUT2D eigenvalue weighted by Gasteiger charge is 2.30. The Morgan fingerprint density at radius 2 is 2.26 bits per heavy atom. The number of nitrogens with one attached hydrogen (secondary N) is 2. The predicted octanol–water partition coefficient (Wildman–Crippen LogP) is 0.590. The number of aromatic nitrogens is 2. The van der Waals surface area contributed by atoms with Gasteiger partial charge in [0, 0.05) is 50.0 Å². The van der Waals surface area contributed by atoms with Crippen molar-refractivity contribution in [3.63, 3.8) is 0 Å². The van der Waals surface area contributed by atoms with E-state index in [-0.39, 0.29) is 0 Å². The number of morpholine rings is 1. The standard InChI is InChI=1S/C16H28N6O/c1-3-17-16(18-10-14-11-19-20-13(14)2)22-5-4-15(12-22)21-6-8-23-9-7-21/h11,15H,3-10,12H2,1-2H3,(H,17,18)(H,19,20). The van der Waals surface area contributed by atoms with Gasteiger partial charge in [0.2, 0.25) is 0 Å². The van der Waals surface area contributed by atoms with Gasteiger partial charge in [-0.05, 0) is 20.3 Å². The van der Waals surface area contributed by atoms with E-state index in [0.717, 1.165) is 63.2 Å². The van der Waals surface area contributed by atoms with Crippen LogP contribution < -0.4 is 5.32 Å². The van der Waals surface area contributed by atoms with Crippen molar-refractivity contribution in [3.05, 3.63) is 17.5 Å². The summed E-state index contributed by atoms with van der Waals surface area (Å²) < 4.78 is 5.46. The van der Waals surface area contributed by atoms with Crippen molar-refractivity contribution in [2.45, 2.75) is 32.9 Å². The second kappa shape index (κ2) is 7.79. The average Bonchev–Trinajstić information content (AvgIpc) is 3.22. The first-order valence-corrected chi connectivity index (χ1v) is 8.62. The molecule has 2 N–H and O–H groups in total. The molecule has 0 bridgehead atoms. The zero-order valence-corrected chi connectivity index (χ0v) is 14.2. The lowest BCUT2D eigenvalue weighted by molar-refractivity contribution is 0.0195. The van der Waals surface area contributed by atoms with E-state index in [9.17, 15) is 0 Å². The molecule has 0 radical (unpaired) electrons. The summed E-state index contributed by atoms with van der Waals surface area (Å²) in [5.41, 5.74) is 2.25. The molecule has 3 rings (SSSR count). The maximum Gasteiger partial charge on any atom is 0.194 e. The van der Waals surface area contributed by atoms with E-state index in [1.54, 1.807) is 0 Å². The summed E-state index contributed by atoms with van der Waals surface area (Å²) in [5, 5.41) is 10.5. The van der Waals surface area contributed by atoms with E-state index in [2.05, 4.69) is 32.2 Å². The zero-order valence-electron chi connectivity index (χ0n) is 14.2. The van der Waals surface area contributed by atoms with Crippen molar-refractivity contribution in [2.24, 2.45) is 4.99 Å². The van der Waals surface area contributed by atoms with Gasteiger partial charge in [-0.15, -0.1) is 0 Å². The second-order valence-electron chi connectivity index (χ2n) is 6.23. The van der Waals surface area contributed by atoms with Crippen LogP contribution in [0.5, 0.6) is 0 Å². The number of hydrogen-bond donors (Lipinski definition) is 2. The first kappa shape index (κ1) is 16.3. The van der Waals surface area contributed by atoms with E-state index in [1.165, 1.54) is 6.42 Å². The van der Waals surface area contributed by atoms with Crippen LogP contribution in [0, 0.1) is 6.92 Å². The first-order chi connectivity index (χ1) is 11.3. The third kappa shape index (κ3) is 4.03. The number of H-pyrrole nitrogens is 1. The molecule has 0 spiro atoms. The zero-order chi connectivity index (χ0) is 16.1. The molecule has 1 unspecified atom stereocenters. The van der Waals surface area contributed by atoms with E-state index in [0.29, 0.717) is 12.6 Å². The summed E-state index contributed by atoms with van der Waals surface area (Å²) in [5.74, 6) is 1.02. The van der Waals surface area contributed by atoms with Crippen LogP contribution in [0.25, 0.3) is 0 Å². The average molecular weight is 320 g/mol. The molecule has 3 heterocycles. The van der Waals surface area contributed by atoms with Gasteiger partial charge in [-0.2, -0.15) is 5.10 Å². The largest absolute Gasteiger partial charge is 0.379 e. The third-order valence-corrected chi connectivity index (χ3v) is 4.69. The Kier molecular flexibility index (Phi) is 5.51. The number of aryl methyl sites for hydroxylation is 1. The van der Waals surface area contributed by atoms with Crippen molar-refractivity contribution >= 4 is 5.96 Å². The Balaban J connectivity index is 1.61. The molecule has 1 atom stereocenters. The molecule has 2 aliphatic rings. The maximum atomic E-state index is 5.46. The molecule has 1 aromatic heterocycles. The Labute approximate surface area is 138 Å². The molecule has 0 aromatic carbocycles. The minimum atomic E-state index is 0.624. The van der Waals surface area contributed by atoms with Crippen molar-refractivity contribution in [3.8, 4) is 0 Å². The molecule has 1 aromatic rings. The molecular weight excluding hydrogens is 292 g/mol. The normalized spacial score (nSPS) is 23.5. The SMILES string of the molecule is CCNC(=NCc1cn[nH]c1C)N1CCC(N2CCOCC2)C1. The van der Waals surface area contributed by atoms with Gasteiger partial charge in [0.15, 0.2) is 5.96 Å². The number of likely N-dealkylation sites (tertiary alicyclic amines) is 1. The molecule has 2 aliphatic heterocycles. The predicted molar refractivity (Wildman–Crippen MR) is 90.5 cm³/mol. The van der Waals surface area contributed by atoms with E-state index in [4.69, 9.17) is 9.73 Å². The van der Waals surface area contributed by atoms with Crippen molar-refractivity contribution < 1.29 is 4.74 Å². The Hall–Kier alpha value is -1.60. The summed E-state index contributed by atoms with van der Waals surface area (Å²) in [6, 6.07) is 0.624. The van der Waals surface area contributed by atoms with E-state index in [1.807, 2.05) is 13.1 Å². The van der Waals surface area contributed by atoms with Gasteiger partial charge < -0.3 is 15.0 Å². The fraction of sp³-hybridized carbons (Fsp3) is 0.750. The molecule has 2 fully saturated rings. The third-order valence-electron chi connectivity index (χ3n) is 4.69. The van der Waals surface area contributed by atoms with Gasteiger partial charge in [0.1, 0.15) is 0 Å². The number of guanidine groups is 1. The number of ether oxygens (including phenoxy) is 1. The van der Waals surface area contributed by atoms with Crippen LogP contribution in [0.2, 0.25) is 0 Å². The molecule has 2 saturated heterocycles. The second-order valence-corrected chi connectivity index (χ2v) is 6.23. The van der Waals surface area contributed by atoms with Crippen LogP contribution in [-0.4, -0.2) is 77.9 Å². The fourth-order valence-corrected chi connectivity index (χ4v) is 3.30. The van der Waals surface area contributed by atoms with Crippen molar-refractivity contribution in [2.75, 3.05) is 45.9 Å². The monoisotopic (exact) mass is 320 g/mol. The van der Waals surface area contributed by atoms with Gasteiger partial charge in [0.05, 0.1) is 26.0 Å². The molecule has 0 aliphatic carbocycles. The van der Waals surface area contributed by atoms with E-state index < -0.39 is 0 Å². The lowest BCUT2D eigenvalue weighted by atomic mass is 10.2. The van der Waals surface area contributed by atoms with Gasteiger partial charge in [-0.1, -0.05) is 0 Å². The van der Waals surface area contributed by atoms with Crippen molar-refractivity contribution in [1.29, 1.82) is 0 Å². The van der Waals surface area contributed by atoms with Crippen LogP contribution in [0.15, 0.2) is 11.2 Å². The van der Waals surface area contributed by atoms with E-state index >= 15 is 0 Å². The molecule has 7 heteroatoms. The highest BCUT2D eigenvalue weighted by molar-refractivity contribution is 5.80. The lowest BCUT2D eigenvalue weighted by Gasteiger charge is -2.32. The first-order valence-electron chi connectivity index (χ1n) is 8.62. The lowest BCUT2D eigenvalue weighted by Crippen LogP contribution is -2.46. The summed E-state index contributed by atoms with van der Waals surface area (Å²) >= 11 is 0. The maximum absolute atomic E-state index is 5.46. The molecule has 128 valence electrons. The number of aromatic amines is 1. The minimum absolute atomic E-state index is 0.624. The van der Waals surface area contributed by atoms with Crippen LogP contribution >= 0.6 is 0 Å². The van der Waals surface area contributed by atoms with Gasteiger partial charge in [0.25, 0.3) is 0 Å². The summed E-state index contributed by atoms with van der Waals surface area (Å²) in [6.45, 7) is 11.7. The fourth-order valence-electron chi connectivity index (χ4n) is 3.30. The minimum Gasteiger partial charge on any atom is -0.379 e. The molecule has 23 heavy (non-hydrogen) atoms. The Bertz CT molecular complexity index is 522. The Morgan fingerprint density at radius 1 is 1.43 bits per heavy atom. The smallest absolute Gasteiger partial charge is 0.194 e.